The van der Waals surface area contributed by atoms with Gasteiger partial charge in [0.25, 0.3) is 0 Å². The van der Waals surface area contributed by atoms with Crippen LogP contribution in [0.25, 0.3) is 0 Å². The molecule has 2 saturated heterocycles. The molecule has 0 aromatic carbocycles. The first kappa shape index (κ1) is 13.4. The van der Waals surface area contributed by atoms with Crippen LogP contribution in [-0.4, -0.2) is 53.0 Å². The van der Waals surface area contributed by atoms with Crippen LogP contribution < -0.4 is 5.32 Å². The van der Waals surface area contributed by atoms with Gasteiger partial charge in [0.1, 0.15) is 5.67 Å². The van der Waals surface area contributed by atoms with E-state index < -0.39 is 5.67 Å². The van der Waals surface area contributed by atoms with Crippen LogP contribution >= 0.6 is 0 Å². The molecule has 110 valence electrons. The third-order valence-corrected chi connectivity index (χ3v) is 3.91. The summed E-state index contributed by atoms with van der Waals surface area (Å²) in [5.74, 6) is 0.231. The summed E-state index contributed by atoms with van der Waals surface area (Å²) >= 11 is 0. The molecule has 2 fully saturated rings. The van der Waals surface area contributed by atoms with Crippen molar-refractivity contribution in [1.29, 1.82) is 0 Å². The molecule has 2 N–H and O–H groups in total. The van der Waals surface area contributed by atoms with Crippen LogP contribution in [0.3, 0.4) is 0 Å². The zero-order valence-electron chi connectivity index (χ0n) is 11.4. The number of amides is 2. The van der Waals surface area contributed by atoms with E-state index in [1.165, 1.54) is 11.8 Å². The lowest BCUT2D eigenvalue weighted by molar-refractivity contribution is 0.00946. The molecule has 1 aromatic heterocycles. The molecule has 0 saturated carbocycles. The van der Waals surface area contributed by atoms with Crippen molar-refractivity contribution in [3.8, 4) is 0 Å². The Labute approximate surface area is 116 Å². The SMILES string of the molecule is CC1(F)CN(C(=O)NC[C@@H]2CCO[C@H]2c2cn[nH]c2)C1. The quantitative estimate of drug-likeness (QED) is 0.876. The van der Waals surface area contributed by atoms with E-state index in [2.05, 4.69) is 15.5 Å². The average molecular weight is 282 g/mol. The highest BCUT2D eigenvalue weighted by atomic mass is 19.1. The van der Waals surface area contributed by atoms with E-state index in [1.54, 1.807) is 6.20 Å². The Hall–Kier alpha value is -1.63. The fourth-order valence-electron chi connectivity index (χ4n) is 2.85. The first-order valence-corrected chi connectivity index (χ1v) is 6.87. The number of likely N-dealkylation sites (tertiary alicyclic amines) is 1. The van der Waals surface area contributed by atoms with Gasteiger partial charge in [0, 0.05) is 30.8 Å². The largest absolute Gasteiger partial charge is 0.373 e. The van der Waals surface area contributed by atoms with Gasteiger partial charge in [-0.25, -0.2) is 9.18 Å². The van der Waals surface area contributed by atoms with E-state index in [-0.39, 0.29) is 31.1 Å². The summed E-state index contributed by atoms with van der Waals surface area (Å²) in [4.78, 5) is 13.3. The summed E-state index contributed by atoms with van der Waals surface area (Å²) in [7, 11) is 0. The fraction of sp³-hybridized carbons (Fsp3) is 0.692. The summed E-state index contributed by atoms with van der Waals surface area (Å²) in [6.45, 7) is 3.07. The first-order valence-electron chi connectivity index (χ1n) is 6.87. The number of ether oxygens (including phenoxy) is 1. The molecule has 1 aromatic rings. The minimum Gasteiger partial charge on any atom is -0.373 e. The Morgan fingerprint density at radius 3 is 3.15 bits per heavy atom. The maximum Gasteiger partial charge on any atom is 0.317 e. The van der Waals surface area contributed by atoms with Gasteiger partial charge >= 0.3 is 6.03 Å². The molecular weight excluding hydrogens is 263 g/mol. The van der Waals surface area contributed by atoms with Gasteiger partial charge < -0.3 is 15.0 Å². The van der Waals surface area contributed by atoms with Gasteiger partial charge in [-0.1, -0.05) is 0 Å². The van der Waals surface area contributed by atoms with E-state index in [4.69, 9.17) is 4.74 Å². The molecular formula is C13H19FN4O2. The maximum atomic E-state index is 13.4. The van der Waals surface area contributed by atoms with Gasteiger partial charge in [-0.2, -0.15) is 5.10 Å². The number of rotatable bonds is 3. The smallest absolute Gasteiger partial charge is 0.317 e. The van der Waals surface area contributed by atoms with Crippen LogP contribution in [0.15, 0.2) is 12.4 Å². The Morgan fingerprint density at radius 2 is 2.50 bits per heavy atom. The number of aromatic nitrogens is 2. The number of carbonyl (C=O) groups is 1. The number of H-pyrrole nitrogens is 1. The van der Waals surface area contributed by atoms with E-state index in [0.717, 1.165) is 12.0 Å². The highest BCUT2D eigenvalue weighted by Gasteiger charge is 2.41. The normalized spacial score (nSPS) is 28.2. The van der Waals surface area contributed by atoms with Crippen molar-refractivity contribution >= 4 is 6.03 Å². The van der Waals surface area contributed by atoms with Gasteiger partial charge in [0.15, 0.2) is 0 Å². The third-order valence-electron chi connectivity index (χ3n) is 3.91. The molecule has 2 aliphatic heterocycles. The van der Waals surface area contributed by atoms with Crippen LogP contribution in [0.2, 0.25) is 0 Å². The Kier molecular flexibility index (Phi) is 3.37. The highest BCUT2D eigenvalue weighted by molar-refractivity contribution is 5.75. The van der Waals surface area contributed by atoms with Gasteiger partial charge in [0.05, 0.1) is 25.4 Å². The van der Waals surface area contributed by atoms with Crippen molar-refractivity contribution in [3.05, 3.63) is 18.0 Å². The number of urea groups is 1. The standard InChI is InChI=1S/C13H19FN4O2/c1-13(14)7-18(8-13)12(19)15-4-9-2-3-20-11(9)10-5-16-17-6-10/h5-6,9,11H,2-4,7-8H2,1H3,(H,15,19)(H,16,17)/t9-,11+/m0/s1. The number of alkyl halides is 1. The van der Waals surface area contributed by atoms with E-state index in [9.17, 15) is 9.18 Å². The number of hydrogen-bond acceptors (Lipinski definition) is 3. The minimum atomic E-state index is -1.23. The van der Waals surface area contributed by atoms with E-state index >= 15 is 0 Å². The van der Waals surface area contributed by atoms with Crippen molar-refractivity contribution < 1.29 is 13.9 Å². The second-order valence-electron chi connectivity index (χ2n) is 5.83. The van der Waals surface area contributed by atoms with E-state index in [0.29, 0.717) is 13.2 Å². The summed E-state index contributed by atoms with van der Waals surface area (Å²) in [6.07, 6.45) is 4.43. The Morgan fingerprint density at radius 1 is 1.70 bits per heavy atom. The molecule has 2 aliphatic rings. The zero-order chi connectivity index (χ0) is 14.2. The lowest BCUT2D eigenvalue weighted by Crippen LogP contribution is -2.61. The topological polar surface area (TPSA) is 70.2 Å². The van der Waals surface area contributed by atoms with Gasteiger partial charge in [-0.05, 0) is 13.3 Å². The molecule has 0 unspecified atom stereocenters. The van der Waals surface area contributed by atoms with Crippen LogP contribution in [0.4, 0.5) is 9.18 Å². The van der Waals surface area contributed by atoms with Crippen molar-refractivity contribution in [3.63, 3.8) is 0 Å². The number of halogens is 1. The number of nitrogens with one attached hydrogen (secondary N) is 2. The van der Waals surface area contributed by atoms with Crippen LogP contribution in [-0.2, 0) is 4.74 Å². The van der Waals surface area contributed by atoms with Crippen molar-refractivity contribution in [2.75, 3.05) is 26.2 Å². The van der Waals surface area contributed by atoms with Gasteiger partial charge in [-0.15, -0.1) is 0 Å². The van der Waals surface area contributed by atoms with Crippen LogP contribution in [0.5, 0.6) is 0 Å². The Bertz CT molecular complexity index is 469. The summed E-state index contributed by atoms with van der Waals surface area (Å²) in [5.41, 5.74) is -0.227. The monoisotopic (exact) mass is 282 g/mol. The van der Waals surface area contributed by atoms with Crippen molar-refractivity contribution in [1.82, 2.24) is 20.4 Å². The molecule has 20 heavy (non-hydrogen) atoms. The molecule has 3 rings (SSSR count). The number of hydrogen-bond donors (Lipinski definition) is 2. The van der Waals surface area contributed by atoms with Gasteiger partial charge in [-0.3, -0.25) is 5.10 Å². The minimum absolute atomic E-state index is 0.0307. The number of aromatic amines is 1. The molecule has 0 spiro atoms. The second kappa shape index (κ2) is 5.05. The first-order chi connectivity index (χ1) is 9.55. The lowest BCUT2D eigenvalue weighted by Gasteiger charge is -2.42. The molecule has 2 amide bonds. The number of nitrogens with zero attached hydrogens (tertiary/aromatic N) is 2. The Balaban J connectivity index is 1.49. The molecule has 2 atom stereocenters. The molecule has 0 aliphatic carbocycles. The number of carbonyl (C=O) groups excluding carboxylic acids is 1. The van der Waals surface area contributed by atoms with Gasteiger partial charge in [0.2, 0.25) is 0 Å². The predicted octanol–water partition coefficient (Wildman–Crippen LogP) is 1.24. The second-order valence-corrected chi connectivity index (χ2v) is 5.83. The summed E-state index contributed by atoms with van der Waals surface area (Å²) in [6, 6.07) is -0.196. The molecule has 3 heterocycles. The maximum absolute atomic E-state index is 13.4. The fourth-order valence-corrected chi connectivity index (χ4v) is 2.85. The molecule has 7 heteroatoms. The average Bonchev–Trinajstić information content (AvgIpc) is 3.02. The highest BCUT2D eigenvalue weighted by Crippen LogP contribution is 2.33. The summed E-state index contributed by atoms with van der Waals surface area (Å²) in [5, 5.41) is 9.56. The lowest BCUT2D eigenvalue weighted by atomic mass is 9.97. The molecule has 0 bridgehead atoms. The zero-order valence-corrected chi connectivity index (χ0v) is 11.4. The van der Waals surface area contributed by atoms with Crippen molar-refractivity contribution in [2.45, 2.75) is 25.1 Å². The molecule has 0 radical (unpaired) electrons. The van der Waals surface area contributed by atoms with Crippen molar-refractivity contribution in [2.24, 2.45) is 5.92 Å². The predicted molar refractivity (Wildman–Crippen MR) is 69.9 cm³/mol. The third kappa shape index (κ3) is 2.63. The summed E-state index contributed by atoms with van der Waals surface area (Å²) < 4.78 is 19.0. The van der Waals surface area contributed by atoms with Crippen LogP contribution in [0.1, 0.15) is 25.0 Å². The van der Waals surface area contributed by atoms with E-state index in [1.807, 2.05) is 6.20 Å². The molecule has 6 nitrogen and oxygen atoms in total. The van der Waals surface area contributed by atoms with Crippen LogP contribution in [0, 0.1) is 5.92 Å².